The van der Waals surface area contributed by atoms with Gasteiger partial charge in [-0.15, -0.1) is 0 Å². The van der Waals surface area contributed by atoms with Crippen LogP contribution in [-0.4, -0.2) is 18.0 Å². The highest BCUT2D eigenvalue weighted by atomic mass is 127. The van der Waals surface area contributed by atoms with E-state index in [2.05, 4.69) is 38.4 Å². The Kier molecular flexibility index (Phi) is 7.12. The third-order valence-electron chi connectivity index (χ3n) is 3.64. The van der Waals surface area contributed by atoms with Crippen molar-refractivity contribution in [2.45, 2.75) is 26.7 Å². The van der Waals surface area contributed by atoms with Crippen LogP contribution < -0.4 is 10.7 Å². The van der Waals surface area contributed by atoms with Crippen molar-refractivity contribution < 1.29 is 9.59 Å². The number of benzene rings is 2. The number of halogens is 1. The molecule has 2 amide bonds. The SMILES string of the molecule is Cc1ccc(NC(=O)CCC(=O)N/N=C/c2ccc(I)cc2)cc1C. The summed E-state index contributed by atoms with van der Waals surface area (Å²) in [6, 6.07) is 13.5. The number of amides is 2. The van der Waals surface area contributed by atoms with Crippen LogP contribution in [0.4, 0.5) is 5.69 Å². The van der Waals surface area contributed by atoms with E-state index in [1.54, 1.807) is 6.21 Å². The molecule has 6 heteroatoms. The molecule has 0 fully saturated rings. The van der Waals surface area contributed by atoms with Crippen molar-refractivity contribution in [3.63, 3.8) is 0 Å². The Morgan fingerprint density at radius 1 is 1.00 bits per heavy atom. The molecule has 2 aromatic carbocycles. The minimum absolute atomic E-state index is 0.0840. The quantitative estimate of drug-likeness (QED) is 0.401. The van der Waals surface area contributed by atoms with Crippen LogP contribution in [0.3, 0.4) is 0 Å². The molecule has 0 unspecified atom stereocenters. The molecule has 130 valence electrons. The van der Waals surface area contributed by atoms with E-state index in [1.165, 1.54) is 5.56 Å². The first-order valence-corrected chi connectivity index (χ1v) is 8.96. The summed E-state index contributed by atoms with van der Waals surface area (Å²) in [7, 11) is 0. The molecule has 2 rings (SSSR count). The molecule has 25 heavy (non-hydrogen) atoms. The molecule has 0 saturated heterocycles. The van der Waals surface area contributed by atoms with Gasteiger partial charge in [0.05, 0.1) is 6.21 Å². The smallest absolute Gasteiger partial charge is 0.240 e. The Bertz CT molecular complexity index is 786. The maximum Gasteiger partial charge on any atom is 0.240 e. The van der Waals surface area contributed by atoms with Crippen LogP contribution in [0, 0.1) is 17.4 Å². The summed E-state index contributed by atoms with van der Waals surface area (Å²) in [6.45, 7) is 4.01. The fourth-order valence-corrected chi connectivity index (χ4v) is 2.41. The molecule has 0 aliphatic carbocycles. The summed E-state index contributed by atoms with van der Waals surface area (Å²) in [6.07, 6.45) is 1.77. The van der Waals surface area contributed by atoms with Gasteiger partial charge in [-0.05, 0) is 77.4 Å². The van der Waals surface area contributed by atoms with Crippen LogP contribution in [0.1, 0.15) is 29.5 Å². The normalized spacial score (nSPS) is 10.7. The molecule has 0 radical (unpaired) electrons. The van der Waals surface area contributed by atoms with Gasteiger partial charge in [-0.1, -0.05) is 18.2 Å². The summed E-state index contributed by atoms with van der Waals surface area (Å²) in [5, 5.41) is 6.69. The third kappa shape index (κ3) is 6.66. The third-order valence-corrected chi connectivity index (χ3v) is 4.36. The highest BCUT2D eigenvalue weighted by molar-refractivity contribution is 14.1. The van der Waals surface area contributed by atoms with E-state index in [9.17, 15) is 9.59 Å². The van der Waals surface area contributed by atoms with Crippen molar-refractivity contribution in [1.29, 1.82) is 0 Å². The first-order valence-electron chi connectivity index (χ1n) is 7.88. The Hall–Kier alpha value is -2.22. The zero-order valence-corrected chi connectivity index (χ0v) is 16.3. The largest absolute Gasteiger partial charge is 0.326 e. The number of rotatable bonds is 6. The average Bonchev–Trinajstić information content (AvgIpc) is 2.58. The van der Waals surface area contributed by atoms with Gasteiger partial charge in [-0.25, -0.2) is 5.43 Å². The predicted molar refractivity (Wildman–Crippen MR) is 109 cm³/mol. The highest BCUT2D eigenvalue weighted by Gasteiger charge is 2.07. The highest BCUT2D eigenvalue weighted by Crippen LogP contribution is 2.14. The lowest BCUT2D eigenvalue weighted by molar-refractivity contribution is -0.124. The van der Waals surface area contributed by atoms with Crippen LogP contribution in [0.25, 0.3) is 0 Å². The minimum atomic E-state index is -0.294. The second-order valence-electron chi connectivity index (χ2n) is 5.69. The standard InChI is InChI=1S/C19H20IN3O2/c1-13-3-8-17(11-14(13)2)22-18(24)9-10-19(25)23-21-12-15-4-6-16(20)7-5-15/h3-8,11-12H,9-10H2,1-2H3,(H,22,24)(H,23,25)/b21-12+. The zero-order chi connectivity index (χ0) is 18.2. The number of anilines is 1. The molecule has 0 aliphatic rings. The minimum Gasteiger partial charge on any atom is -0.326 e. The van der Waals surface area contributed by atoms with E-state index in [0.717, 1.165) is 20.4 Å². The van der Waals surface area contributed by atoms with E-state index in [4.69, 9.17) is 0 Å². The fourth-order valence-electron chi connectivity index (χ4n) is 2.05. The molecule has 2 N–H and O–H groups in total. The Morgan fingerprint density at radius 2 is 1.68 bits per heavy atom. The number of aryl methyl sites for hydroxylation is 2. The fraction of sp³-hybridized carbons (Fsp3) is 0.211. The summed E-state index contributed by atoms with van der Waals surface area (Å²) in [4.78, 5) is 23.6. The maximum absolute atomic E-state index is 11.9. The van der Waals surface area contributed by atoms with Crippen molar-refractivity contribution >= 4 is 46.3 Å². The van der Waals surface area contributed by atoms with Crippen molar-refractivity contribution in [3.8, 4) is 0 Å². The maximum atomic E-state index is 11.9. The van der Waals surface area contributed by atoms with Crippen LogP contribution in [0.2, 0.25) is 0 Å². The number of hydrazone groups is 1. The molecular weight excluding hydrogens is 429 g/mol. The summed E-state index contributed by atoms with van der Waals surface area (Å²) in [5.41, 5.74) is 6.35. The topological polar surface area (TPSA) is 70.6 Å². The zero-order valence-electron chi connectivity index (χ0n) is 14.2. The number of hydrogen-bond acceptors (Lipinski definition) is 3. The van der Waals surface area contributed by atoms with Crippen molar-refractivity contribution in [3.05, 3.63) is 62.7 Å². The number of nitrogens with zero attached hydrogens (tertiary/aromatic N) is 1. The van der Waals surface area contributed by atoms with Gasteiger partial charge in [0.15, 0.2) is 0 Å². The van der Waals surface area contributed by atoms with Crippen molar-refractivity contribution in [2.75, 3.05) is 5.32 Å². The van der Waals surface area contributed by atoms with E-state index >= 15 is 0 Å². The Labute approximate surface area is 161 Å². The average molecular weight is 449 g/mol. The van der Waals surface area contributed by atoms with Gasteiger partial charge in [0.1, 0.15) is 0 Å². The molecule has 0 atom stereocenters. The lowest BCUT2D eigenvalue weighted by Gasteiger charge is -2.07. The van der Waals surface area contributed by atoms with Gasteiger partial charge in [-0.2, -0.15) is 5.10 Å². The second kappa shape index (κ2) is 9.31. The van der Waals surface area contributed by atoms with Gasteiger partial charge in [0.2, 0.25) is 11.8 Å². The monoisotopic (exact) mass is 449 g/mol. The van der Waals surface area contributed by atoms with Crippen LogP contribution in [0.5, 0.6) is 0 Å². The first-order chi connectivity index (χ1) is 11.9. The first kappa shape index (κ1) is 19.1. The summed E-state index contributed by atoms with van der Waals surface area (Å²) < 4.78 is 1.13. The molecule has 5 nitrogen and oxygen atoms in total. The van der Waals surface area contributed by atoms with Crippen LogP contribution >= 0.6 is 22.6 Å². The predicted octanol–water partition coefficient (Wildman–Crippen LogP) is 3.78. The molecular formula is C19H20IN3O2. The lowest BCUT2D eigenvalue weighted by Crippen LogP contribution is -2.20. The van der Waals surface area contributed by atoms with E-state index in [0.29, 0.717) is 0 Å². The number of nitrogens with one attached hydrogen (secondary N) is 2. The Morgan fingerprint density at radius 3 is 2.36 bits per heavy atom. The van der Waals surface area contributed by atoms with Gasteiger partial charge >= 0.3 is 0 Å². The molecule has 0 spiro atoms. The molecule has 0 bridgehead atoms. The second-order valence-corrected chi connectivity index (χ2v) is 6.94. The lowest BCUT2D eigenvalue weighted by atomic mass is 10.1. The Balaban J connectivity index is 1.74. The molecule has 0 aromatic heterocycles. The van der Waals surface area contributed by atoms with E-state index in [-0.39, 0.29) is 24.7 Å². The summed E-state index contributed by atoms with van der Waals surface area (Å²) >= 11 is 2.22. The van der Waals surface area contributed by atoms with Gasteiger partial charge in [0, 0.05) is 22.1 Å². The summed E-state index contributed by atoms with van der Waals surface area (Å²) in [5.74, 6) is -0.489. The number of carbonyl (C=O) groups excluding carboxylic acids is 2. The number of hydrogen-bond donors (Lipinski definition) is 2. The van der Waals surface area contributed by atoms with Crippen molar-refractivity contribution in [1.82, 2.24) is 5.43 Å². The van der Waals surface area contributed by atoms with Crippen molar-refractivity contribution in [2.24, 2.45) is 5.10 Å². The van der Waals surface area contributed by atoms with E-state index in [1.807, 2.05) is 56.3 Å². The van der Waals surface area contributed by atoms with Gasteiger partial charge in [0.25, 0.3) is 0 Å². The van der Waals surface area contributed by atoms with E-state index < -0.39 is 0 Å². The number of carbonyl (C=O) groups is 2. The van der Waals surface area contributed by atoms with Crippen LogP contribution in [0.15, 0.2) is 47.6 Å². The van der Waals surface area contributed by atoms with Gasteiger partial charge < -0.3 is 5.32 Å². The molecule has 0 saturated carbocycles. The molecule has 0 aliphatic heterocycles. The molecule has 2 aromatic rings. The van der Waals surface area contributed by atoms with Gasteiger partial charge in [-0.3, -0.25) is 9.59 Å². The molecule has 0 heterocycles. The van der Waals surface area contributed by atoms with Crippen LogP contribution in [-0.2, 0) is 9.59 Å².